The molecule has 0 bridgehead atoms. The first-order chi connectivity index (χ1) is 9.65. The molecule has 0 spiro atoms. The van der Waals surface area contributed by atoms with E-state index in [1.807, 2.05) is 38.1 Å². The number of hydrogen-bond acceptors (Lipinski definition) is 2. The Morgan fingerprint density at radius 1 is 1.40 bits per heavy atom. The van der Waals surface area contributed by atoms with Gasteiger partial charge in [-0.1, -0.05) is 25.1 Å². The first-order valence-corrected chi connectivity index (χ1v) is 7.12. The van der Waals surface area contributed by atoms with E-state index in [2.05, 4.69) is 10.3 Å². The van der Waals surface area contributed by atoms with Gasteiger partial charge in [-0.3, -0.25) is 4.79 Å². The number of rotatable bonds is 6. The highest BCUT2D eigenvalue weighted by Crippen LogP contribution is 2.22. The molecule has 0 radical (unpaired) electrons. The maximum Gasteiger partial charge on any atom is 0.224 e. The van der Waals surface area contributed by atoms with Crippen LogP contribution in [0.5, 0.6) is 0 Å². The molecule has 0 aliphatic carbocycles. The van der Waals surface area contributed by atoms with Crippen LogP contribution >= 0.6 is 0 Å². The third-order valence-electron chi connectivity index (χ3n) is 3.70. The summed E-state index contributed by atoms with van der Waals surface area (Å²) in [5.41, 5.74) is 3.16. The summed E-state index contributed by atoms with van der Waals surface area (Å²) in [7, 11) is 0. The van der Waals surface area contributed by atoms with Crippen LogP contribution in [0.2, 0.25) is 0 Å². The lowest BCUT2D eigenvalue weighted by molar-refractivity contribution is -0.121. The highest BCUT2D eigenvalue weighted by Gasteiger charge is 2.14. The summed E-state index contributed by atoms with van der Waals surface area (Å²) in [4.78, 5) is 15.4. The van der Waals surface area contributed by atoms with Crippen LogP contribution in [0.25, 0.3) is 10.9 Å². The standard InChI is InChI=1S/C16H22N2O2/c1-3-12(8-9-19)18-16(20)10-14-11(2)17-15-7-5-4-6-13(14)15/h4-7,12,17,19H,3,8-10H2,1-2H3,(H,18,20). The summed E-state index contributed by atoms with van der Waals surface area (Å²) in [5, 5.41) is 13.1. The Morgan fingerprint density at radius 2 is 2.15 bits per heavy atom. The highest BCUT2D eigenvalue weighted by atomic mass is 16.3. The van der Waals surface area contributed by atoms with Gasteiger partial charge in [0, 0.05) is 29.2 Å². The predicted octanol–water partition coefficient (Wildman–Crippen LogP) is 2.30. The second kappa shape index (κ2) is 6.57. The molecule has 108 valence electrons. The predicted molar refractivity (Wildman–Crippen MR) is 80.7 cm³/mol. The molecule has 0 fully saturated rings. The van der Waals surface area contributed by atoms with Crippen molar-refractivity contribution in [3.8, 4) is 0 Å². The molecule has 2 aromatic rings. The van der Waals surface area contributed by atoms with Crippen LogP contribution < -0.4 is 5.32 Å². The van der Waals surface area contributed by atoms with Crippen LogP contribution in [0, 0.1) is 6.92 Å². The molecule has 1 atom stereocenters. The Kier molecular flexibility index (Phi) is 4.79. The molecule has 3 N–H and O–H groups in total. The van der Waals surface area contributed by atoms with Gasteiger partial charge in [0.25, 0.3) is 0 Å². The van der Waals surface area contributed by atoms with Crippen molar-refractivity contribution in [2.45, 2.75) is 39.2 Å². The van der Waals surface area contributed by atoms with E-state index in [0.717, 1.165) is 28.6 Å². The molecule has 20 heavy (non-hydrogen) atoms. The van der Waals surface area contributed by atoms with Crippen molar-refractivity contribution >= 4 is 16.8 Å². The van der Waals surface area contributed by atoms with E-state index < -0.39 is 0 Å². The Balaban J connectivity index is 2.11. The summed E-state index contributed by atoms with van der Waals surface area (Å²) in [6.45, 7) is 4.11. The maximum atomic E-state index is 12.1. The number of aliphatic hydroxyl groups excluding tert-OH is 1. The van der Waals surface area contributed by atoms with Gasteiger partial charge in [0.1, 0.15) is 0 Å². The first-order valence-electron chi connectivity index (χ1n) is 7.12. The van der Waals surface area contributed by atoms with Crippen LogP contribution in [-0.2, 0) is 11.2 Å². The van der Waals surface area contributed by atoms with Crippen LogP contribution in [0.3, 0.4) is 0 Å². The number of aromatic nitrogens is 1. The fourth-order valence-corrected chi connectivity index (χ4v) is 2.54. The fourth-order valence-electron chi connectivity index (χ4n) is 2.54. The number of H-pyrrole nitrogens is 1. The molecule has 1 aromatic carbocycles. The lowest BCUT2D eigenvalue weighted by Crippen LogP contribution is -2.36. The van der Waals surface area contributed by atoms with Gasteiger partial charge in [-0.25, -0.2) is 0 Å². The number of benzene rings is 1. The molecular formula is C16H22N2O2. The molecule has 4 nitrogen and oxygen atoms in total. The molecule has 2 rings (SSSR count). The molecule has 0 saturated heterocycles. The SMILES string of the molecule is CCC(CCO)NC(=O)Cc1c(C)[nH]c2ccccc12. The largest absolute Gasteiger partial charge is 0.396 e. The van der Waals surface area contributed by atoms with E-state index in [9.17, 15) is 4.79 Å². The summed E-state index contributed by atoms with van der Waals surface area (Å²) >= 11 is 0. The quantitative estimate of drug-likeness (QED) is 0.756. The summed E-state index contributed by atoms with van der Waals surface area (Å²) in [5.74, 6) is 0.0122. The van der Waals surface area contributed by atoms with E-state index in [1.165, 1.54) is 0 Å². The molecule has 1 unspecified atom stereocenters. The van der Waals surface area contributed by atoms with Gasteiger partial charge in [0.05, 0.1) is 6.42 Å². The molecular weight excluding hydrogens is 252 g/mol. The Hall–Kier alpha value is -1.81. The molecule has 1 aromatic heterocycles. The molecule has 1 heterocycles. The van der Waals surface area contributed by atoms with Gasteiger partial charge < -0.3 is 15.4 Å². The van der Waals surface area contributed by atoms with Crippen molar-refractivity contribution in [2.24, 2.45) is 0 Å². The fraction of sp³-hybridized carbons (Fsp3) is 0.438. The highest BCUT2D eigenvalue weighted by molar-refractivity contribution is 5.90. The second-order valence-electron chi connectivity index (χ2n) is 5.14. The first kappa shape index (κ1) is 14.6. The van der Waals surface area contributed by atoms with Gasteiger partial charge in [-0.05, 0) is 31.4 Å². The van der Waals surface area contributed by atoms with Gasteiger partial charge >= 0.3 is 0 Å². The van der Waals surface area contributed by atoms with Crippen molar-refractivity contribution < 1.29 is 9.90 Å². The summed E-state index contributed by atoms with van der Waals surface area (Å²) in [6.07, 6.45) is 1.81. The number of nitrogens with one attached hydrogen (secondary N) is 2. The Labute approximate surface area is 119 Å². The molecule has 4 heteroatoms. The zero-order valence-electron chi connectivity index (χ0n) is 12.1. The van der Waals surface area contributed by atoms with Gasteiger partial charge in [0.15, 0.2) is 0 Å². The second-order valence-corrected chi connectivity index (χ2v) is 5.14. The van der Waals surface area contributed by atoms with E-state index in [-0.39, 0.29) is 18.6 Å². The molecule has 0 aliphatic heterocycles. The smallest absolute Gasteiger partial charge is 0.224 e. The number of carbonyl (C=O) groups is 1. The third kappa shape index (κ3) is 3.20. The minimum absolute atomic E-state index is 0.0122. The zero-order valence-corrected chi connectivity index (χ0v) is 12.1. The number of carbonyl (C=O) groups excluding carboxylic acids is 1. The van der Waals surface area contributed by atoms with E-state index >= 15 is 0 Å². The Morgan fingerprint density at radius 3 is 2.85 bits per heavy atom. The number of para-hydroxylation sites is 1. The Bertz CT molecular complexity index is 589. The lowest BCUT2D eigenvalue weighted by Gasteiger charge is -2.15. The lowest BCUT2D eigenvalue weighted by atomic mass is 10.1. The summed E-state index contributed by atoms with van der Waals surface area (Å²) in [6, 6.07) is 8.07. The van der Waals surface area contributed by atoms with Crippen molar-refractivity contribution in [3.63, 3.8) is 0 Å². The van der Waals surface area contributed by atoms with Crippen molar-refractivity contribution in [3.05, 3.63) is 35.5 Å². The van der Waals surface area contributed by atoms with Crippen LogP contribution in [0.15, 0.2) is 24.3 Å². The minimum atomic E-state index is 0.0122. The van der Waals surface area contributed by atoms with E-state index in [4.69, 9.17) is 5.11 Å². The maximum absolute atomic E-state index is 12.1. The number of amides is 1. The molecule has 1 amide bonds. The molecule has 0 aliphatic rings. The van der Waals surface area contributed by atoms with Gasteiger partial charge in [0.2, 0.25) is 5.91 Å². The van der Waals surface area contributed by atoms with Crippen LogP contribution in [0.4, 0.5) is 0 Å². The zero-order chi connectivity index (χ0) is 14.5. The van der Waals surface area contributed by atoms with Crippen molar-refractivity contribution in [2.75, 3.05) is 6.61 Å². The number of aryl methyl sites for hydroxylation is 1. The van der Waals surface area contributed by atoms with Crippen molar-refractivity contribution in [1.29, 1.82) is 0 Å². The number of aromatic amines is 1. The average molecular weight is 274 g/mol. The topological polar surface area (TPSA) is 65.1 Å². The minimum Gasteiger partial charge on any atom is -0.396 e. The summed E-state index contributed by atoms with van der Waals surface area (Å²) < 4.78 is 0. The number of fused-ring (bicyclic) bond motifs is 1. The number of hydrogen-bond donors (Lipinski definition) is 3. The monoisotopic (exact) mass is 274 g/mol. The molecule has 0 saturated carbocycles. The van der Waals surface area contributed by atoms with Crippen LogP contribution in [0.1, 0.15) is 31.0 Å². The third-order valence-corrected chi connectivity index (χ3v) is 3.70. The van der Waals surface area contributed by atoms with E-state index in [1.54, 1.807) is 0 Å². The van der Waals surface area contributed by atoms with Crippen molar-refractivity contribution in [1.82, 2.24) is 10.3 Å². The van der Waals surface area contributed by atoms with E-state index in [0.29, 0.717) is 12.8 Å². The van der Waals surface area contributed by atoms with Gasteiger partial charge in [-0.2, -0.15) is 0 Å². The van der Waals surface area contributed by atoms with Gasteiger partial charge in [-0.15, -0.1) is 0 Å². The average Bonchev–Trinajstić information content (AvgIpc) is 2.75. The van der Waals surface area contributed by atoms with Crippen LogP contribution in [-0.4, -0.2) is 28.6 Å². The number of aliphatic hydroxyl groups is 1. The normalized spacial score (nSPS) is 12.6.